The summed E-state index contributed by atoms with van der Waals surface area (Å²) in [5.74, 6) is 0.942. The van der Waals surface area contributed by atoms with Crippen molar-refractivity contribution in [3.8, 4) is 33.6 Å². The van der Waals surface area contributed by atoms with E-state index in [9.17, 15) is 19.2 Å². The van der Waals surface area contributed by atoms with E-state index in [2.05, 4.69) is 57.0 Å². The SMILES string of the molecule is COC(=O)NC(C(=O)N1[C@@H](C)CC[C@H]1c1ncc(-c2ccc3c(c2)Cc2cc(-c4cnc([C@@H]5CC[C@H](C)N5C(=O)[C@@H](NC(=O)OC)C(C)C)[nH]4)ccc2-3)[nH]1)C(C)C. The predicted molar refractivity (Wildman–Crippen MR) is 215 cm³/mol. The number of hydrogen-bond donors (Lipinski definition) is 4. The highest BCUT2D eigenvalue weighted by Gasteiger charge is 2.42. The van der Waals surface area contributed by atoms with Crippen molar-refractivity contribution in [2.75, 3.05) is 14.2 Å². The second-order valence-electron chi connectivity index (χ2n) is 16.4. The van der Waals surface area contributed by atoms with E-state index in [4.69, 9.17) is 19.4 Å². The van der Waals surface area contributed by atoms with E-state index in [1.165, 1.54) is 36.5 Å². The van der Waals surface area contributed by atoms with Crippen LogP contribution in [0.3, 0.4) is 0 Å². The number of aromatic amines is 2. The van der Waals surface area contributed by atoms with Gasteiger partial charge in [-0.25, -0.2) is 19.6 Å². The van der Waals surface area contributed by atoms with Gasteiger partial charge in [0.05, 0.1) is 50.1 Å². The van der Waals surface area contributed by atoms with Crippen LogP contribution in [0.1, 0.15) is 102 Å². The third-order valence-corrected chi connectivity index (χ3v) is 12.0. The van der Waals surface area contributed by atoms with Crippen LogP contribution in [0.4, 0.5) is 9.59 Å². The summed E-state index contributed by atoms with van der Waals surface area (Å²) in [4.78, 5) is 72.1. The van der Waals surface area contributed by atoms with E-state index in [0.717, 1.165) is 66.3 Å². The first-order chi connectivity index (χ1) is 27.3. The molecule has 14 nitrogen and oxygen atoms in total. The molecule has 1 unspecified atom stereocenters. The highest BCUT2D eigenvalue weighted by molar-refractivity contribution is 5.88. The summed E-state index contributed by atoms with van der Waals surface area (Å²) in [5, 5.41) is 5.46. The van der Waals surface area contributed by atoms with Crippen molar-refractivity contribution in [3.63, 3.8) is 0 Å². The monoisotopic (exact) mass is 778 g/mol. The Kier molecular flexibility index (Phi) is 11.2. The number of hydrogen-bond acceptors (Lipinski definition) is 8. The number of nitrogens with one attached hydrogen (secondary N) is 4. The maximum absolute atomic E-state index is 13.8. The van der Waals surface area contributed by atoms with Crippen molar-refractivity contribution in [1.29, 1.82) is 0 Å². The maximum atomic E-state index is 13.8. The van der Waals surface area contributed by atoms with Crippen molar-refractivity contribution < 1.29 is 28.7 Å². The van der Waals surface area contributed by atoms with Crippen LogP contribution in [0.2, 0.25) is 0 Å². The fraction of sp³-hybridized carbons (Fsp3) is 0.488. The first kappa shape index (κ1) is 39.6. The molecule has 302 valence electrons. The molecule has 0 spiro atoms. The van der Waals surface area contributed by atoms with Gasteiger partial charge in [-0.2, -0.15) is 0 Å². The zero-order valence-electron chi connectivity index (χ0n) is 34.0. The van der Waals surface area contributed by atoms with Gasteiger partial charge in [0.1, 0.15) is 23.7 Å². The Morgan fingerprint density at radius 2 is 1.07 bits per heavy atom. The first-order valence-corrected chi connectivity index (χ1v) is 20.0. The third-order valence-electron chi connectivity index (χ3n) is 12.0. The van der Waals surface area contributed by atoms with E-state index in [1.54, 1.807) is 0 Å². The Morgan fingerprint density at radius 1 is 0.667 bits per heavy atom. The molecule has 1 aliphatic carbocycles. The van der Waals surface area contributed by atoms with Gasteiger partial charge in [0, 0.05) is 12.1 Å². The molecule has 4 amide bonds. The van der Waals surface area contributed by atoms with Crippen LogP contribution in [-0.4, -0.2) is 92.1 Å². The lowest BCUT2D eigenvalue weighted by Gasteiger charge is -2.32. The van der Waals surface area contributed by atoms with Gasteiger partial charge in [0.25, 0.3) is 0 Å². The Hall–Kier alpha value is -5.66. The number of carbonyl (C=O) groups is 4. The molecule has 57 heavy (non-hydrogen) atoms. The zero-order chi connectivity index (χ0) is 40.7. The van der Waals surface area contributed by atoms with Crippen LogP contribution in [0.25, 0.3) is 33.6 Å². The summed E-state index contributed by atoms with van der Waals surface area (Å²) in [7, 11) is 2.59. The molecule has 2 saturated heterocycles. The van der Waals surface area contributed by atoms with Crippen molar-refractivity contribution in [3.05, 3.63) is 71.6 Å². The van der Waals surface area contributed by atoms with Gasteiger partial charge in [-0.1, -0.05) is 52.0 Å². The van der Waals surface area contributed by atoms with Crippen molar-refractivity contribution in [2.45, 2.75) is 110 Å². The van der Waals surface area contributed by atoms with Crippen molar-refractivity contribution in [2.24, 2.45) is 11.8 Å². The Balaban J connectivity index is 1.06. The highest BCUT2D eigenvalue weighted by atomic mass is 16.5. The lowest BCUT2D eigenvalue weighted by Crippen LogP contribution is -2.52. The van der Waals surface area contributed by atoms with Crippen LogP contribution in [-0.2, 0) is 25.5 Å². The lowest BCUT2D eigenvalue weighted by molar-refractivity contribution is -0.138. The molecule has 4 N–H and O–H groups in total. The van der Waals surface area contributed by atoms with E-state index >= 15 is 0 Å². The Labute approximate surface area is 333 Å². The molecule has 2 fully saturated rings. The first-order valence-electron chi connectivity index (χ1n) is 20.0. The van der Waals surface area contributed by atoms with Gasteiger partial charge in [-0.15, -0.1) is 0 Å². The molecule has 2 aromatic heterocycles. The number of likely N-dealkylation sites (tertiary alicyclic amines) is 2. The molecule has 4 heterocycles. The van der Waals surface area contributed by atoms with Crippen LogP contribution in [0.5, 0.6) is 0 Å². The summed E-state index contributed by atoms with van der Waals surface area (Å²) in [6, 6.07) is 11.1. The van der Waals surface area contributed by atoms with Gasteiger partial charge < -0.3 is 39.9 Å². The molecule has 0 saturated carbocycles. The number of rotatable bonds is 10. The normalized spacial score (nSPS) is 21.0. The summed E-state index contributed by atoms with van der Waals surface area (Å²) in [5.41, 5.74) is 8.61. The van der Waals surface area contributed by atoms with Gasteiger partial charge >= 0.3 is 12.2 Å². The van der Waals surface area contributed by atoms with Crippen LogP contribution in [0.15, 0.2) is 48.8 Å². The molecular weight excluding hydrogens is 725 g/mol. The number of H-pyrrole nitrogens is 2. The fourth-order valence-corrected chi connectivity index (χ4v) is 8.82. The van der Waals surface area contributed by atoms with Crippen molar-refractivity contribution in [1.82, 2.24) is 40.4 Å². The predicted octanol–water partition coefficient (Wildman–Crippen LogP) is 6.90. The summed E-state index contributed by atoms with van der Waals surface area (Å²) in [6.45, 7) is 11.7. The number of fused-ring (bicyclic) bond motifs is 3. The summed E-state index contributed by atoms with van der Waals surface area (Å²) < 4.78 is 9.60. The van der Waals surface area contributed by atoms with Crippen molar-refractivity contribution >= 4 is 24.0 Å². The second-order valence-corrected chi connectivity index (χ2v) is 16.4. The topological polar surface area (TPSA) is 175 Å². The molecule has 6 atom stereocenters. The van der Waals surface area contributed by atoms with Crippen LogP contribution >= 0.6 is 0 Å². The highest BCUT2D eigenvalue weighted by Crippen LogP contribution is 2.42. The van der Waals surface area contributed by atoms with Gasteiger partial charge in [-0.05, 0) is 103 Å². The zero-order valence-corrected chi connectivity index (χ0v) is 34.0. The van der Waals surface area contributed by atoms with Crippen LogP contribution < -0.4 is 10.6 Å². The number of nitrogens with zero attached hydrogens (tertiary/aromatic N) is 4. The summed E-state index contributed by atoms with van der Waals surface area (Å²) in [6.07, 6.45) is 6.40. The number of imidazole rings is 2. The van der Waals surface area contributed by atoms with Crippen LogP contribution in [0, 0.1) is 11.8 Å². The van der Waals surface area contributed by atoms with E-state index < -0.39 is 24.3 Å². The number of ether oxygens (including phenoxy) is 2. The lowest BCUT2D eigenvalue weighted by atomic mass is 10.0. The smallest absolute Gasteiger partial charge is 0.407 e. The average Bonchev–Trinajstić information content (AvgIpc) is 4.04. The number of amides is 4. The number of methoxy groups -OCH3 is 2. The molecule has 7 rings (SSSR count). The molecular formula is C43H54N8O6. The second kappa shape index (κ2) is 16.1. The van der Waals surface area contributed by atoms with E-state index in [0.29, 0.717) is 0 Å². The average molecular weight is 779 g/mol. The standard InChI is InChI=1S/C43H54N8O6/c1-22(2)36(48-42(54)56-7)40(52)50-24(5)9-15-34(50)38-44-20-32(46-38)26-11-13-30-28(17-26)19-29-18-27(12-14-31(29)30)33-21-45-39(47-33)35-16-10-25(6)51(35)41(53)37(23(3)4)49-43(55)57-8/h11-14,17-18,20-25,34-37H,9-10,15-16,19H2,1-8H3,(H,44,46)(H,45,47)(H,48,54)(H,49,55)/t24-,25-,34-,35-,36-,37?/m0/s1. The number of carbonyl (C=O) groups excluding carboxylic acids is 4. The molecule has 14 heteroatoms. The van der Waals surface area contributed by atoms with Gasteiger partial charge in [-0.3, -0.25) is 9.59 Å². The Bertz CT molecular complexity index is 2010. The maximum Gasteiger partial charge on any atom is 0.407 e. The molecule has 4 aromatic rings. The molecule has 2 aromatic carbocycles. The fourth-order valence-electron chi connectivity index (χ4n) is 8.82. The minimum absolute atomic E-state index is 0.00175. The minimum Gasteiger partial charge on any atom is -0.453 e. The molecule has 0 radical (unpaired) electrons. The minimum atomic E-state index is -0.706. The van der Waals surface area contributed by atoms with E-state index in [-0.39, 0.29) is 47.8 Å². The quantitative estimate of drug-likeness (QED) is 0.118. The molecule has 3 aliphatic rings. The number of benzene rings is 2. The van der Waals surface area contributed by atoms with E-state index in [1.807, 2.05) is 63.7 Å². The molecule has 2 aliphatic heterocycles. The Morgan fingerprint density at radius 3 is 1.44 bits per heavy atom. The molecule has 0 bridgehead atoms. The van der Waals surface area contributed by atoms with Gasteiger partial charge in [0.15, 0.2) is 0 Å². The third kappa shape index (κ3) is 7.61. The van der Waals surface area contributed by atoms with Gasteiger partial charge in [0.2, 0.25) is 11.8 Å². The largest absolute Gasteiger partial charge is 0.453 e. The summed E-state index contributed by atoms with van der Waals surface area (Å²) >= 11 is 0. The number of aromatic nitrogens is 4. The number of alkyl carbamates (subject to hydrolysis) is 2.